The van der Waals surface area contributed by atoms with Crippen molar-refractivity contribution < 1.29 is 0 Å². The molecule has 2 aromatic heterocycles. The molecule has 0 amide bonds. The lowest BCUT2D eigenvalue weighted by Crippen LogP contribution is -2.09. The standard InChI is InChI=1S/C10H11BrN4S/c1-6-13-9(2-3-12)15-10(14-6)8-4-7(11)5-16-8/h4-5H,2-3,12H2,1H3. The normalized spacial score (nSPS) is 10.7. The third-order valence-corrected chi connectivity index (χ3v) is 3.64. The van der Waals surface area contributed by atoms with E-state index in [9.17, 15) is 0 Å². The SMILES string of the molecule is Cc1nc(CCN)nc(-c2cc(Br)cs2)n1. The molecular weight excluding hydrogens is 288 g/mol. The first kappa shape index (κ1) is 11.6. The van der Waals surface area contributed by atoms with Crippen molar-refractivity contribution in [3.63, 3.8) is 0 Å². The molecule has 0 aliphatic heterocycles. The molecular formula is C10H11BrN4S. The van der Waals surface area contributed by atoms with Gasteiger partial charge in [0.1, 0.15) is 11.6 Å². The molecule has 0 fully saturated rings. The van der Waals surface area contributed by atoms with Gasteiger partial charge >= 0.3 is 0 Å². The topological polar surface area (TPSA) is 64.7 Å². The van der Waals surface area contributed by atoms with E-state index in [-0.39, 0.29) is 0 Å². The van der Waals surface area contributed by atoms with E-state index in [2.05, 4.69) is 30.9 Å². The van der Waals surface area contributed by atoms with Crippen molar-refractivity contribution in [1.82, 2.24) is 15.0 Å². The lowest BCUT2D eigenvalue weighted by atomic mass is 10.4. The lowest BCUT2D eigenvalue weighted by molar-refractivity contribution is 0.828. The Bertz CT molecular complexity index is 497. The van der Waals surface area contributed by atoms with Gasteiger partial charge in [-0.2, -0.15) is 0 Å². The number of halogens is 1. The van der Waals surface area contributed by atoms with Crippen LogP contribution in [0.5, 0.6) is 0 Å². The second-order valence-corrected chi connectivity index (χ2v) is 5.12. The number of nitrogens with zero attached hydrogens (tertiary/aromatic N) is 3. The second kappa shape index (κ2) is 4.99. The van der Waals surface area contributed by atoms with E-state index >= 15 is 0 Å². The van der Waals surface area contributed by atoms with Crippen LogP contribution in [-0.4, -0.2) is 21.5 Å². The third kappa shape index (κ3) is 2.63. The Kier molecular flexibility index (Phi) is 3.63. The van der Waals surface area contributed by atoms with Gasteiger partial charge in [-0.1, -0.05) is 0 Å². The summed E-state index contributed by atoms with van der Waals surface area (Å²) in [4.78, 5) is 14.0. The van der Waals surface area contributed by atoms with Crippen molar-refractivity contribution in [3.05, 3.63) is 27.6 Å². The van der Waals surface area contributed by atoms with Gasteiger partial charge in [0.05, 0.1) is 4.88 Å². The summed E-state index contributed by atoms with van der Waals surface area (Å²) in [6.45, 7) is 2.42. The minimum Gasteiger partial charge on any atom is -0.330 e. The Morgan fingerprint density at radius 3 is 2.81 bits per heavy atom. The summed E-state index contributed by atoms with van der Waals surface area (Å²) in [5.74, 6) is 2.22. The smallest absolute Gasteiger partial charge is 0.173 e. The first-order chi connectivity index (χ1) is 7.69. The highest BCUT2D eigenvalue weighted by Gasteiger charge is 2.07. The second-order valence-electron chi connectivity index (χ2n) is 3.29. The zero-order valence-electron chi connectivity index (χ0n) is 8.77. The van der Waals surface area contributed by atoms with Crippen LogP contribution >= 0.6 is 27.3 Å². The number of rotatable bonds is 3. The van der Waals surface area contributed by atoms with Crippen LogP contribution < -0.4 is 5.73 Å². The average molecular weight is 299 g/mol. The molecule has 0 bridgehead atoms. The molecule has 2 aromatic rings. The highest BCUT2D eigenvalue weighted by atomic mass is 79.9. The van der Waals surface area contributed by atoms with Gasteiger partial charge in [-0.15, -0.1) is 11.3 Å². The van der Waals surface area contributed by atoms with Crippen LogP contribution in [0.3, 0.4) is 0 Å². The Labute approximate surface area is 106 Å². The average Bonchev–Trinajstić information content (AvgIpc) is 2.64. The van der Waals surface area contributed by atoms with Crippen LogP contribution in [0, 0.1) is 6.92 Å². The number of aromatic nitrogens is 3. The van der Waals surface area contributed by atoms with Gasteiger partial charge in [-0.05, 0) is 35.5 Å². The summed E-state index contributed by atoms with van der Waals surface area (Å²) in [5.41, 5.74) is 5.50. The molecule has 0 radical (unpaired) electrons. The quantitative estimate of drug-likeness (QED) is 0.943. The molecule has 84 valence electrons. The predicted octanol–water partition coefficient (Wildman–Crippen LogP) is 2.17. The van der Waals surface area contributed by atoms with Crippen molar-refractivity contribution >= 4 is 27.3 Å². The summed E-state index contributed by atoms with van der Waals surface area (Å²) in [5, 5.41) is 2.01. The van der Waals surface area contributed by atoms with Crippen molar-refractivity contribution in [3.8, 4) is 10.7 Å². The minimum absolute atomic E-state index is 0.553. The monoisotopic (exact) mass is 298 g/mol. The number of nitrogens with two attached hydrogens (primary N) is 1. The summed E-state index contributed by atoms with van der Waals surface area (Å²) < 4.78 is 1.05. The van der Waals surface area contributed by atoms with Gasteiger partial charge in [-0.3, -0.25) is 0 Å². The maximum Gasteiger partial charge on any atom is 0.173 e. The molecule has 2 rings (SSSR count). The fourth-order valence-corrected chi connectivity index (χ4v) is 2.68. The largest absolute Gasteiger partial charge is 0.330 e. The molecule has 2 heterocycles. The van der Waals surface area contributed by atoms with Crippen molar-refractivity contribution in [2.75, 3.05) is 6.54 Å². The minimum atomic E-state index is 0.553. The van der Waals surface area contributed by atoms with Crippen LogP contribution in [0.15, 0.2) is 15.9 Å². The first-order valence-electron chi connectivity index (χ1n) is 4.85. The third-order valence-electron chi connectivity index (χ3n) is 1.95. The molecule has 0 aliphatic carbocycles. The van der Waals surface area contributed by atoms with Gasteiger partial charge in [0.15, 0.2) is 5.82 Å². The molecule has 0 saturated heterocycles. The molecule has 16 heavy (non-hydrogen) atoms. The number of thiophene rings is 1. The van der Waals surface area contributed by atoms with E-state index in [4.69, 9.17) is 5.73 Å². The summed E-state index contributed by atoms with van der Waals surface area (Å²) >= 11 is 5.02. The molecule has 0 saturated carbocycles. The number of hydrogen-bond acceptors (Lipinski definition) is 5. The maximum absolute atomic E-state index is 5.50. The summed E-state index contributed by atoms with van der Waals surface area (Å²) in [7, 11) is 0. The first-order valence-corrected chi connectivity index (χ1v) is 6.52. The molecule has 4 nitrogen and oxygen atoms in total. The molecule has 0 atom stereocenters. The van der Waals surface area contributed by atoms with Crippen LogP contribution in [0.4, 0.5) is 0 Å². The fourth-order valence-electron chi connectivity index (χ4n) is 1.32. The van der Waals surface area contributed by atoms with Crippen LogP contribution in [-0.2, 0) is 6.42 Å². The van der Waals surface area contributed by atoms with E-state index in [1.54, 1.807) is 11.3 Å². The Balaban J connectivity index is 2.40. The predicted molar refractivity (Wildman–Crippen MR) is 68.3 cm³/mol. The lowest BCUT2D eigenvalue weighted by Gasteiger charge is -2.02. The van der Waals surface area contributed by atoms with Gasteiger partial charge in [0, 0.05) is 16.3 Å². The Hall–Kier alpha value is -0.850. The van der Waals surface area contributed by atoms with E-state index < -0.39 is 0 Å². The van der Waals surface area contributed by atoms with E-state index in [1.807, 2.05) is 18.4 Å². The Morgan fingerprint density at radius 1 is 1.38 bits per heavy atom. The van der Waals surface area contributed by atoms with E-state index in [1.165, 1.54) is 0 Å². The van der Waals surface area contributed by atoms with Crippen LogP contribution in [0.25, 0.3) is 10.7 Å². The van der Waals surface area contributed by atoms with Crippen LogP contribution in [0.1, 0.15) is 11.6 Å². The summed E-state index contributed by atoms with van der Waals surface area (Å²) in [6.07, 6.45) is 0.683. The Morgan fingerprint density at radius 2 is 2.19 bits per heavy atom. The van der Waals surface area contributed by atoms with Gasteiger partial charge in [0.2, 0.25) is 0 Å². The van der Waals surface area contributed by atoms with E-state index in [0.29, 0.717) is 13.0 Å². The highest BCUT2D eigenvalue weighted by molar-refractivity contribution is 9.10. The van der Waals surface area contributed by atoms with Gasteiger partial charge < -0.3 is 5.73 Å². The van der Waals surface area contributed by atoms with Crippen molar-refractivity contribution in [2.45, 2.75) is 13.3 Å². The molecule has 2 N–H and O–H groups in total. The van der Waals surface area contributed by atoms with Crippen molar-refractivity contribution in [1.29, 1.82) is 0 Å². The van der Waals surface area contributed by atoms with Crippen LogP contribution in [0.2, 0.25) is 0 Å². The molecule has 0 unspecified atom stereocenters. The molecule has 6 heteroatoms. The maximum atomic E-state index is 5.50. The zero-order valence-corrected chi connectivity index (χ0v) is 11.2. The number of aryl methyl sites for hydroxylation is 1. The van der Waals surface area contributed by atoms with E-state index in [0.717, 1.165) is 26.8 Å². The summed E-state index contributed by atoms with van der Waals surface area (Å²) in [6, 6.07) is 2.01. The highest BCUT2D eigenvalue weighted by Crippen LogP contribution is 2.27. The molecule has 0 spiro atoms. The zero-order chi connectivity index (χ0) is 11.5. The fraction of sp³-hybridized carbons (Fsp3) is 0.300. The van der Waals surface area contributed by atoms with Gasteiger partial charge in [0.25, 0.3) is 0 Å². The molecule has 0 aromatic carbocycles. The molecule has 0 aliphatic rings. The number of hydrogen-bond donors (Lipinski definition) is 1. The van der Waals surface area contributed by atoms with Crippen molar-refractivity contribution in [2.24, 2.45) is 5.73 Å². The van der Waals surface area contributed by atoms with Gasteiger partial charge in [-0.25, -0.2) is 15.0 Å².